The van der Waals surface area contributed by atoms with Crippen molar-refractivity contribution < 1.29 is 22.7 Å². The molecule has 0 bridgehead atoms. The number of halogens is 4. The average molecular weight is 265 g/mol. The third-order valence-corrected chi connectivity index (χ3v) is 2.91. The smallest absolute Gasteiger partial charge is 0.396 e. The summed E-state index contributed by atoms with van der Waals surface area (Å²) in [4.78, 5) is 0. The Labute approximate surface area is 102 Å². The zero-order valence-electron chi connectivity index (χ0n) is 10.1. The van der Waals surface area contributed by atoms with Crippen molar-refractivity contribution in [1.29, 1.82) is 0 Å². The molecule has 1 aromatic rings. The summed E-state index contributed by atoms with van der Waals surface area (Å²) in [5.74, 6) is -0.972. The summed E-state index contributed by atoms with van der Waals surface area (Å²) < 4.78 is 51.3. The van der Waals surface area contributed by atoms with Gasteiger partial charge in [0.25, 0.3) is 0 Å². The van der Waals surface area contributed by atoms with Gasteiger partial charge in [0.15, 0.2) is 0 Å². The van der Waals surface area contributed by atoms with Gasteiger partial charge in [-0.15, -0.1) is 0 Å². The van der Waals surface area contributed by atoms with Crippen LogP contribution >= 0.6 is 0 Å². The van der Waals surface area contributed by atoms with Gasteiger partial charge in [-0.1, -0.05) is 19.9 Å². The van der Waals surface area contributed by atoms with Crippen LogP contribution < -0.4 is 5.73 Å². The molecule has 0 radical (unpaired) electrons. The number of aliphatic hydroxyl groups is 1. The summed E-state index contributed by atoms with van der Waals surface area (Å²) in [6, 6.07) is 1.32. The van der Waals surface area contributed by atoms with Gasteiger partial charge in [-0.25, -0.2) is 4.39 Å². The van der Waals surface area contributed by atoms with Crippen molar-refractivity contribution in [2.75, 3.05) is 6.61 Å². The molecule has 0 aliphatic carbocycles. The van der Waals surface area contributed by atoms with Crippen LogP contribution in [0.25, 0.3) is 0 Å². The zero-order chi connectivity index (χ0) is 14.1. The summed E-state index contributed by atoms with van der Waals surface area (Å²) in [7, 11) is 0. The summed E-state index contributed by atoms with van der Waals surface area (Å²) in [5.41, 5.74) is 3.50. The number of hydrogen-bond donors (Lipinski definition) is 2. The summed E-state index contributed by atoms with van der Waals surface area (Å²) >= 11 is 0. The van der Waals surface area contributed by atoms with Crippen molar-refractivity contribution in [3.8, 4) is 0 Å². The van der Waals surface area contributed by atoms with E-state index in [4.69, 9.17) is 10.8 Å². The monoisotopic (exact) mass is 265 g/mol. The van der Waals surface area contributed by atoms with Crippen molar-refractivity contribution in [3.63, 3.8) is 0 Å². The molecular formula is C12H15F4NO. The maximum atomic E-state index is 12.9. The molecule has 0 saturated carbocycles. The maximum Gasteiger partial charge on any atom is 0.416 e. The average Bonchev–Trinajstić information content (AvgIpc) is 2.27. The number of benzene rings is 1. The van der Waals surface area contributed by atoms with Gasteiger partial charge in [0.2, 0.25) is 0 Å². The lowest BCUT2D eigenvalue weighted by Gasteiger charge is -2.31. The highest BCUT2D eigenvalue weighted by Gasteiger charge is 2.38. The molecule has 1 atom stereocenters. The second kappa shape index (κ2) is 4.85. The minimum Gasteiger partial charge on any atom is -0.396 e. The lowest BCUT2D eigenvalue weighted by atomic mass is 9.80. The van der Waals surface area contributed by atoms with E-state index in [1.807, 2.05) is 0 Å². The number of aliphatic hydroxyl groups excluding tert-OH is 1. The Kier molecular flexibility index (Phi) is 4.02. The van der Waals surface area contributed by atoms with Gasteiger partial charge in [-0.2, -0.15) is 13.2 Å². The van der Waals surface area contributed by atoms with Crippen molar-refractivity contribution in [2.45, 2.75) is 26.1 Å². The molecule has 0 fully saturated rings. The standard InChI is InChI=1S/C12H15F4NO/c1-11(2,6-18)10(17)8-4-3-7(13)5-9(8)12(14,15)16/h3-5,10,18H,6,17H2,1-2H3/t10-/m1/s1. The highest BCUT2D eigenvalue weighted by atomic mass is 19.4. The first kappa shape index (κ1) is 14.9. The predicted molar refractivity (Wildman–Crippen MR) is 59.2 cm³/mol. The molecule has 3 N–H and O–H groups in total. The van der Waals surface area contributed by atoms with Crippen LogP contribution in [0.3, 0.4) is 0 Å². The normalized spacial score (nSPS) is 14.7. The molecule has 1 aromatic carbocycles. The van der Waals surface area contributed by atoms with Crippen LogP contribution in [0.15, 0.2) is 18.2 Å². The molecule has 0 aliphatic rings. The van der Waals surface area contributed by atoms with Gasteiger partial charge in [0.05, 0.1) is 5.56 Å². The van der Waals surface area contributed by atoms with Crippen molar-refractivity contribution in [2.24, 2.45) is 11.1 Å². The fourth-order valence-electron chi connectivity index (χ4n) is 1.56. The number of nitrogens with two attached hydrogens (primary N) is 1. The van der Waals surface area contributed by atoms with E-state index in [0.29, 0.717) is 6.07 Å². The van der Waals surface area contributed by atoms with Crippen LogP contribution in [0.4, 0.5) is 17.6 Å². The largest absolute Gasteiger partial charge is 0.416 e. The second-order valence-corrected chi connectivity index (χ2v) is 4.85. The first-order valence-corrected chi connectivity index (χ1v) is 5.32. The Morgan fingerprint density at radius 3 is 2.28 bits per heavy atom. The molecule has 0 spiro atoms. The molecule has 0 aromatic heterocycles. The Morgan fingerprint density at radius 1 is 1.28 bits per heavy atom. The molecule has 2 nitrogen and oxygen atoms in total. The van der Waals surface area contributed by atoms with Gasteiger partial charge < -0.3 is 10.8 Å². The fourth-order valence-corrected chi connectivity index (χ4v) is 1.56. The van der Waals surface area contributed by atoms with Crippen LogP contribution in [-0.2, 0) is 6.18 Å². The Balaban J connectivity index is 3.33. The van der Waals surface area contributed by atoms with E-state index >= 15 is 0 Å². The molecule has 0 unspecified atom stereocenters. The Bertz CT molecular complexity index is 429. The summed E-state index contributed by atoms with van der Waals surface area (Å²) in [6.07, 6.45) is -4.68. The van der Waals surface area contributed by atoms with E-state index in [-0.39, 0.29) is 12.2 Å². The van der Waals surface area contributed by atoms with Gasteiger partial charge in [0.1, 0.15) is 5.82 Å². The van der Waals surface area contributed by atoms with Crippen molar-refractivity contribution in [1.82, 2.24) is 0 Å². The SMILES string of the molecule is CC(C)(CO)[C@H](N)c1ccc(F)cc1C(F)(F)F. The number of rotatable bonds is 3. The van der Waals surface area contributed by atoms with E-state index in [9.17, 15) is 17.6 Å². The molecule has 18 heavy (non-hydrogen) atoms. The van der Waals surface area contributed by atoms with E-state index < -0.39 is 29.0 Å². The highest BCUT2D eigenvalue weighted by Crippen LogP contribution is 2.39. The molecule has 102 valence electrons. The van der Waals surface area contributed by atoms with Gasteiger partial charge >= 0.3 is 6.18 Å². The molecule has 0 aliphatic heterocycles. The predicted octanol–water partition coefficient (Wildman–Crippen LogP) is 2.86. The first-order valence-electron chi connectivity index (χ1n) is 5.32. The topological polar surface area (TPSA) is 46.2 Å². The van der Waals surface area contributed by atoms with Gasteiger partial charge in [-0.05, 0) is 17.7 Å². The maximum absolute atomic E-state index is 12.9. The summed E-state index contributed by atoms with van der Waals surface area (Å²) in [5, 5.41) is 9.14. The van der Waals surface area contributed by atoms with Crippen LogP contribution in [-0.4, -0.2) is 11.7 Å². The minimum atomic E-state index is -4.68. The van der Waals surface area contributed by atoms with E-state index in [1.165, 1.54) is 0 Å². The van der Waals surface area contributed by atoms with E-state index in [1.54, 1.807) is 13.8 Å². The van der Waals surface area contributed by atoms with E-state index in [2.05, 4.69) is 0 Å². The van der Waals surface area contributed by atoms with Gasteiger partial charge in [0, 0.05) is 18.1 Å². The van der Waals surface area contributed by atoms with Gasteiger partial charge in [-0.3, -0.25) is 0 Å². The minimum absolute atomic E-state index is 0.219. The summed E-state index contributed by atoms with van der Waals surface area (Å²) in [6.45, 7) is 2.71. The highest BCUT2D eigenvalue weighted by molar-refractivity contribution is 5.34. The molecule has 0 saturated heterocycles. The Hall–Kier alpha value is -1.14. The molecule has 0 heterocycles. The lowest BCUT2D eigenvalue weighted by Crippen LogP contribution is -2.34. The van der Waals surface area contributed by atoms with Crippen LogP contribution in [0, 0.1) is 11.2 Å². The zero-order valence-corrected chi connectivity index (χ0v) is 10.1. The fraction of sp³-hybridized carbons (Fsp3) is 0.500. The second-order valence-electron chi connectivity index (χ2n) is 4.85. The van der Waals surface area contributed by atoms with Crippen LogP contribution in [0.1, 0.15) is 31.0 Å². The first-order chi connectivity index (χ1) is 8.09. The van der Waals surface area contributed by atoms with Crippen molar-refractivity contribution in [3.05, 3.63) is 35.1 Å². The molecule has 0 amide bonds. The third kappa shape index (κ3) is 3.00. The van der Waals surface area contributed by atoms with Crippen molar-refractivity contribution >= 4 is 0 Å². The molecule has 1 rings (SSSR count). The third-order valence-electron chi connectivity index (χ3n) is 2.91. The van der Waals surface area contributed by atoms with E-state index in [0.717, 1.165) is 12.1 Å². The quantitative estimate of drug-likeness (QED) is 0.825. The molecular weight excluding hydrogens is 250 g/mol. The lowest BCUT2D eigenvalue weighted by molar-refractivity contribution is -0.138. The van der Waals surface area contributed by atoms with Crippen LogP contribution in [0.5, 0.6) is 0 Å². The van der Waals surface area contributed by atoms with Crippen LogP contribution in [0.2, 0.25) is 0 Å². The molecule has 6 heteroatoms. The Morgan fingerprint density at radius 2 is 1.83 bits per heavy atom. The number of alkyl halides is 3. The number of hydrogen-bond acceptors (Lipinski definition) is 2.